The van der Waals surface area contributed by atoms with Gasteiger partial charge in [0.05, 0.1) is 0 Å². The largest absolute Gasteiger partial charge is 0.385 e. The first-order chi connectivity index (χ1) is 7.65. The molecule has 2 N–H and O–H groups in total. The van der Waals surface area contributed by atoms with Gasteiger partial charge in [-0.25, -0.2) is 0 Å². The van der Waals surface area contributed by atoms with Crippen LogP contribution in [0.25, 0.3) is 0 Å². The van der Waals surface area contributed by atoms with Crippen molar-refractivity contribution >= 4 is 27.7 Å². The van der Waals surface area contributed by atoms with Gasteiger partial charge in [0.15, 0.2) is 0 Å². The van der Waals surface area contributed by atoms with Crippen LogP contribution < -0.4 is 5.73 Å². The van der Waals surface area contributed by atoms with Crippen LogP contribution >= 0.6 is 27.7 Å². The fourth-order valence-corrected chi connectivity index (χ4v) is 2.89. The highest BCUT2D eigenvalue weighted by Crippen LogP contribution is 2.30. The van der Waals surface area contributed by atoms with E-state index in [0.717, 1.165) is 28.8 Å². The topological polar surface area (TPSA) is 35.2 Å². The Morgan fingerprint density at radius 3 is 2.81 bits per heavy atom. The van der Waals surface area contributed by atoms with Crippen LogP contribution in [-0.2, 0) is 4.74 Å². The lowest BCUT2D eigenvalue weighted by atomic mass is 10.1. The van der Waals surface area contributed by atoms with Crippen LogP contribution in [0.4, 0.5) is 0 Å². The molecule has 0 heterocycles. The van der Waals surface area contributed by atoms with E-state index in [-0.39, 0.29) is 6.04 Å². The summed E-state index contributed by atoms with van der Waals surface area (Å²) in [5.74, 6) is 1.07. The van der Waals surface area contributed by atoms with Gasteiger partial charge in [0.25, 0.3) is 0 Å². The Morgan fingerprint density at radius 1 is 1.50 bits per heavy atom. The Balaban J connectivity index is 2.54. The summed E-state index contributed by atoms with van der Waals surface area (Å²) in [6, 6.07) is 6.40. The maximum Gasteiger partial charge on any atom is 0.0470 e. The molecule has 1 rings (SSSR count). The minimum Gasteiger partial charge on any atom is -0.385 e. The molecule has 0 aromatic heterocycles. The van der Waals surface area contributed by atoms with E-state index >= 15 is 0 Å². The number of nitrogens with two attached hydrogens (primary N) is 1. The summed E-state index contributed by atoms with van der Waals surface area (Å²) in [5.41, 5.74) is 6.99. The monoisotopic (exact) mass is 303 g/mol. The number of hydrogen-bond donors (Lipinski definition) is 1. The van der Waals surface area contributed by atoms with Crippen molar-refractivity contribution in [1.82, 2.24) is 0 Å². The summed E-state index contributed by atoms with van der Waals surface area (Å²) >= 11 is 5.42. The predicted molar refractivity (Wildman–Crippen MR) is 74.0 cm³/mol. The van der Waals surface area contributed by atoms with Crippen molar-refractivity contribution in [2.24, 2.45) is 5.73 Å². The van der Waals surface area contributed by atoms with E-state index < -0.39 is 0 Å². The van der Waals surface area contributed by atoms with Crippen LogP contribution in [-0.4, -0.2) is 19.5 Å². The first kappa shape index (κ1) is 14.0. The van der Waals surface area contributed by atoms with Crippen LogP contribution in [0.2, 0.25) is 0 Å². The Bertz CT molecular complexity index is 331. The van der Waals surface area contributed by atoms with E-state index in [1.165, 1.54) is 4.90 Å². The van der Waals surface area contributed by atoms with Gasteiger partial charge < -0.3 is 10.5 Å². The Labute approximate surface area is 110 Å². The lowest BCUT2D eigenvalue weighted by Gasteiger charge is -2.09. The highest BCUT2D eigenvalue weighted by Gasteiger charge is 2.04. The normalized spacial score (nSPS) is 12.8. The third-order valence-electron chi connectivity index (χ3n) is 2.23. The molecule has 0 bridgehead atoms. The molecule has 0 fully saturated rings. The third-order valence-corrected chi connectivity index (χ3v) is 4.31. The van der Waals surface area contributed by atoms with Crippen LogP contribution in [0.15, 0.2) is 27.6 Å². The molecule has 0 radical (unpaired) electrons. The van der Waals surface area contributed by atoms with Crippen molar-refractivity contribution < 1.29 is 4.74 Å². The molecule has 1 aromatic carbocycles. The van der Waals surface area contributed by atoms with Gasteiger partial charge in [-0.05, 0) is 47.0 Å². The summed E-state index contributed by atoms with van der Waals surface area (Å²) in [6.07, 6.45) is 1.07. The minimum absolute atomic E-state index is 0.0869. The van der Waals surface area contributed by atoms with Crippen molar-refractivity contribution in [3.8, 4) is 0 Å². The van der Waals surface area contributed by atoms with Gasteiger partial charge >= 0.3 is 0 Å². The number of methoxy groups -OCH3 is 1. The zero-order chi connectivity index (χ0) is 12.0. The van der Waals surface area contributed by atoms with Crippen LogP contribution in [0.3, 0.4) is 0 Å². The molecule has 90 valence electrons. The molecule has 2 nitrogen and oxygen atoms in total. The minimum atomic E-state index is 0.0869. The molecular weight excluding hydrogens is 286 g/mol. The van der Waals surface area contributed by atoms with Crippen LogP contribution in [0.5, 0.6) is 0 Å². The second-order valence-corrected chi connectivity index (χ2v) is 5.66. The number of rotatable bonds is 6. The highest BCUT2D eigenvalue weighted by molar-refractivity contribution is 9.10. The van der Waals surface area contributed by atoms with Crippen LogP contribution in [0.1, 0.15) is 24.9 Å². The molecule has 0 spiro atoms. The molecule has 0 saturated heterocycles. The Morgan fingerprint density at radius 2 is 2.25 bits per heavy atom. The molecule has 16 heavy (non-hydrogen) atoms. The lowest BCUT2D eigenvalue weighted by Crippen LogP contribution is -2.04. The predicted octanol–water partition coefficient (Wildman–Crippen LogP) is 3.60. The first-order valence-electron chi connectivity index (χ1n) is 5.32. The second kappa shape index (κ2) is 7.33. The number of benzene rings is 1. The van der Waals surface area contributed by atoms with Crippen molar-refractivity contribution in [1.29, 1.82) is 0 Å². The van der Waals surface area contributed by atoms with E-state index in [4.69, 9.17) is 10.5 Å². The first-order valence-corrected chi connectivity index (χ1v) is 7.09. The quantitative estimate of drug-likeness (QED) is 0.644. The summed E-state index contributed by atoms with van der Waals surface area (Å²) < 4.78 is 6.15. The molecule has 0 aliphatic heterocycles. The summed E-state index contributed by atoms with van der Waals surface area (Å²) in [7, 11) is 1.73. The van der Waals surface area contributed by atoms with Crippen molar-refractivity contribution in [2.75, 3.05) is 19.5 Å². The van der Waals surface area contributed by atoms with Crippen molar-refractivity contribution in [3.05, 3.63) is 28.2 Å². The molecule has 1 atom stereocenters. The van der Waals surface area contributed by atoms with Gasteiger partial charge in [-0.2, -0.15) is 0 Å². The zero-order valence-electron chi connectivity index (χ0n) is 9.70. The zero-order valence-corrected chi connectivity index (χ0v) is 12.1. The molecular formula is C12H18BrNOS. The molecule has 1 unspecified atom stereocenters. The van der Waals surface area contributed by atoms with Crippen molar-refractivity contribution in [3.63, 3.8) is 0 Å². The smallest absolute Gasteiger partial charge is 0.0470 e. The SMILES string of the molecule is COCCCSc1ccc(C(C)N)cc1Br. The second-order valence-electron chi connectivity index (χ2n) is 3.67. The fraction of sp³-hybridized carbons (Fsp3) is 0.500. The number of halogens is 1. The third kappa shape index (κ3) is 4.45. The number of thioether (sulfide) groups is 1. The maximum absolute atomic E-state index is 5.83. The average molecular weight is 304 g/mol. The van der Waals surface area contributed by atoms with Gasteiger partial charge in [-0.1, -0.05) is 6.07 Å². The molecule has 0 saturated carbocycles. The van der Waals surface area contributed by atoms with Gasteiger partial charge in [0, 0.05) is 34.9 Å². The Hall–Kier alpha value is -0.0300. The summed E-state index contributed by atoms with van der Waals surface area (Å²) in [6.45, 7) is 2.82. The standard InChI is InChI=1S/C12H18BrNOS/c1-9(14)10-4-5-12(11(13)8-10)16-7-3-6-15-2/h4-5,8-9H,3,6-7,14H2,1-2H3. The number of ether oxygens (including phenoxy) is 1. The van der Waals surface area contributed by atoms with E-state index in [9.17, 15) is 0 Å². The van der Waals surface area contributed by atoms with Gasteiger partial charge in [-0.15, -0.1) is 11.8 Å². The van der Waals surface area contributed by atoms with E-state index in [1.54, 1.807) is 7.11 Å². The fourth-order valence-electron chi connectivity index (χ4n) is 1.30. The maximum atomic E-state index is 5.83. The van der Waals surface area contributed by atoms with Crippen LogP contribution in [0, 0.1) is 0 Å². The molecule has 0 aliphatic rings. The molecule has 4 heteroatoms. The molecule has 0 amide bonds. The lowest BCUT2D eigenvalue weighted by molar-refractivity contribution is 0.200. The summed E-state index contributed by atoms with van der Waals surface area (Å²) in [4.78, 5) is 1.26. The Kier molecular flexibility index (Phi) is 6.43. The number of hydrogen-bond acceptors (Lipinski definition) is 3. The van der Waals surface area contributed by atoms with Gasteiger partial charge in [0.1, 0.15) is 0 Å². The van der Waals surface area contributed by atoms with Crippen molar-refractivity contribution in [2.45, 2.75) is 24.3 Å². The summed E-state index contributed by atoms with van der Waals surface area (Å²) in [5, 5.41) is 0. The molecule has 1 aromatic rings. The van der Waals surface area contributed by atoms with E-state index in [2.05, 4.69) is 34.1 Å². The van der Waals surface area contributed by atoms with E-state index in [1.807, 2.05) is 18.7 Å². The average Bonchev–Trinajstić information content (AvgIpc) is 2.26. The molecule has 0 aliphatic carbocycles. The highest BCUT2D eigenvalue weighted by atomic mass is 79.9. The van der Waals surface area contributed by atoms with Gasteiger partial charge in [-0.3, -0.25) is 0 Å². The van der Waals surface area contributed by atoms with Gasteiger partial charge in [0.2, 0.25) is 0 Å². The van der Waals surface area contributed by atoms with E-state index in [0.29, 0.717) is 0 Å².